The Balaban J connectivity index is 3.37. The van der Waals surface area contributed by atoms with E-state index in [1.54, 1.807) is 0 Å². The maximum Gasteiger partial charge on any atom is 0.0635 e. The van der Waals surface area contributed by atoms with Crippen molar-refractivity contribution in [3.05, 3.63) is 0 Å². The summed E-state index contributed by atoms with van der Waals surface area (Å²) >= 11 is 5.64. The van der Waals surface area contributed by atoms with E-state index in [-0.39, 0.29) is 0 Å². The first kappa shape index (κ1) is 10.7. The minimum Gasteiger partial charge on any atom is -0.305 e. The fraction of sp³-hybridized carbons (Fsp3) is 0.875. The van der Waals surface area contributed by atoms with Gasteiger partial charge in [0.15, 0.2) is 0 Å². The molecule has 0 heterocycles. The SMILES string of the molecule is CC(CCl)CN(C)CCC#N. The van der Waals surface area contributed by atoms with Crippen LogP contribution in [-0.4, -0.2) is 30.9 Å². The lowest BCUT2D eigenvalue weighted by Crippen LogP contribution is -2.25. The molecule has 0 amide bonds. The molecule has 0 saturated heterocycles. The van der Waals surface area contributed by atoms with Gasteiger partial charge in [-0.2, -0.15) is 5.26 Å². The summed E-state index contributed by atoms with van der Waals surface area (Å²) in [6.45, 7) is 3.93. The minimum atomic E-state index is 0.514. The molecule has 2 nitrogen and oxygen atoms in total. The third-order valence-corrected chi connectivity index (χ3v) is 2.02. The van der Waals surface area contributed by atoms with E-state index in [4.69, 9.17) is 16.9 Å². The fourth-order valence-electron chi connectivity index (χ4n) is 0.913. The number of hydrogen-bond acceptors (Lipinski definition) is 2. The first-order valence-corrected chi connectivity index (χ1v) is 4.35. The molecule has 0 radical (unpaired) electrons. The van der Waals surface area contributed by atoms with Gasteiger partial charge in [0.25, 0.3) is 0 Å². The van der Waals surface area contributed by atoms with Crippen LogP contribution in [0.25, 0.3) is 0 Å². The molecule has 0 bridgehead atoms. The van der Waals surface area contributed by atoms with Crippen LogP contribution in [0.1, 0.15) is 13.3 Å². The topological polar surface area (TPSA) is 27.0 Å². The van der Waals surface area contributed by atoms with E-state index in [1.165, 1.54) is 0 Å². The molecular weight excluding hydrogens is 160 g/mol. The molecule has 0 aromatic heterocycles. The van der Waals surface area contributed by atoms with Crippen molar-refractivity contribution in [2.75, 3.05) is 26.0 Å². The molecule has 3 heteroatoms. The molecule has 0 aliphatic rings. The Morgan fingerprint density at radius 2 is 2.27 bits per heavy atom. The van der Waals surface area contributed by atoms with Crippen LogP contribution in [0.15, 0.2) is 0 Å². The highest BCUT2D eigenvalue weighted by Crippen LogP contribution is 2.00. The zero-order chi connectivity index (χ0) is 8.69. The summed E-state index contributed by atoms with van der Waals surface area (Å²) in [5.74, 6) is 1.21. The Labute approximate surface area is 73.7 Å². The van der Waals surface area contributed by atoms with Gasteiger partial charge in [0.2, 0.25) is 0 Å². The summed E-state index contributed by atoms with van der Waals surface area (Å²) < 4.78 is 0. The maximum atomic E-state index is 8.30. The van der Waals surface area contributed by atoms with Crippen molar-refractivity contribution in [3.63, 3.8) is 0 Å². The molecule has 0 aliphatic carbocycles. The zero-order valence-electron chi connectivity index (χ0n) is 7.18. The van der Waals surface area contributed by atoms with E-state index >= 15 is 0 Å². The summed E-state index contributed by atoms with van der Waals surface area (Å²) in [5, 5.41) is 8.30. The van der Waals surface area contributed by atoms with Crippen molar-refractivity contribution in [3.8, 4) is 6.07 Å². The van der Waals surface area contributed by atoms with Crippen LogP contribution in [0.2, 0.25) is 0 Å². The Morgan fingerprint density at radius 1 is 1.64 bits per heavy atom. The van der Waals surface area contributed by atoms with Gasteiger partial charge in [0.05, 0.1) is 6.07 Å². The van der Waals surface area contributed by atoms with Gasteiger partial charge >= 0.3 is 0 Å². The Hall–Kier alpha value is -0.260. The molecule has 1 unspecified atom stereocenters. The number of rotatable bonds is 5. The monoisotopic (exact) mass is 174 g/mol. The van der Waals surface area contributed by atoms with Crippen LogP contribution in [-0.2, 0) is 0 Å². The van der Waals surface area contributed by atoms with E-state index in [2.05, 4.69) is 17.9 Å². The number of hydrogen-bond donors (Lipinski definition) is 0. The van der Waals surface area contributed by atoms with Gasteiger partial charge in [0, 0.05) is 25.4 Å². The predicted octanol–water partition coefficient (Wildman–Crippen LogP) is 1.71. The first-order chi connectivity index (χ1) is 5.20. The van der Waals surface area contributed by atoms with E-state index in [0.29, 0.717) is 18.2 Å². The largest absolute Gasteiger partial charge is 0.305 e. The molecule has 1 atom stereocenters. The number of halogens is 1. The van der Waals surface area contributed by atoms with Crippen LogP contribution in [0, 0.1) is 17.2 Å². The van der Waals surface area contributed by atoms with Gasteiger partial charge in [-0.1, -0.05) is 6.92 Å². The molecule has 0 saturated carbocycles. The highest BCUT2D eigenvalue weighted by atomic mass is 35.5. The lowest BCUT2D eigenvalue weighted by atomic mass is 10.2. The zero-order valence-corrected chi connectivity index (χ0v) is 7.93. The lowest BCUT2D eigenvalue weighted by molar-refractivity contribution is 0.303. The van der Waals surface area contributed by atoms with Gasteiger partial charge in [-0.3, -0.25) is 0 Å². The summed E-state index contributed by atoms with van der Waals surface area (Å²) in [6, 6.07) is 2.12. The number of nitriles is 1. The smallest absolute Gasteiger partial charge is 0.0635 e. The van der Waals surface area contributed by atoms with Crippen LogP contribution in [0.3, 0.4) is 0 Å². The van der Waals surface area contributed by atoms with Crippen molar-refractivity contribution in [1.29, 1.82) is 5.26 Å². The number of alkyl halides is 1. The predicted molar refractivity (Wildman–Crippen MR) is 47.6 cm³/mol. The summed E-state index contributed by atoms with van der Waals surface area (Å²) in [4.78, 5) is 2.14. The summed E-state index contributed by atoms with van der Waals surface area (Å²) in [6.07, 6.45) is 0.603. The average molecular weight is 175 g/mol. The first-order valence-electron chi connectivity index (χ1n) is 3.82. The molecule has 64 valence electrons. The van der Waals surface area contributed by atoms with Crippen molar-refractivity contribution < 1.29 is 0 Å². The molecule has 0 spiro atoms. The highest BCUT2D eigenvalue weighted by Gasteiger charge is 2.03. The van der Waals surface area contributed by atoms with E-state index < -0.39 is 0 Å². The third kappa shape index (κ3) is 6.15. The summed E-state index contributed by atoms with van der Waals surface area (Å²) in [7, 11) is 2.01. The quantitative estimate of drug-likeness (QED) is 0.594. The van der Waals surface area contributed by atoms with E-state index in [0.717, 1.165) is 13.1 Å². The minimum absolute atomic E-state index is 0.514. The van der Waals surface area contributed by atoms with Gasteiger partial charge in [0.1, 0.15) is 0 Å². The second-order valence-corrected chi connectivity index (χ2v) is 3.24. The van der Waals surface area contributed by atoms with Gasteiger partial charge < -0.3 is 4.90 Å². The average Bonchev–Trinajstić information content (AvgIpc) is 2.00. The molecule has 0 rings (SSSR count). The van der Waals surface area contributed by atoms with Crippen molar-refractivity contribution in [2.24, 2.45) is 5.92 Å². The van der Waals surface area contributed by atoms with Crippen LogP contribution in [0.4, 0.5) is 0 Å². The number of nitrogens with zero attached hydrogens (tertiary/aromatic N) is 2. The maximum absolute atomic E-state index is 8.30. The Morgan fingerprint density at radius 3 is 2.73 bits per heavy atom. The van der Waals surface area contributed by atoms with Crippen molar-refractivity contribution in [2.45, 2.75) is 13.3 Å². The normalized spacial score (nSPS) is 13.0. The molecule has 11 heavy (non-hydrogen) atoms. The van der Waals surface area contributed by atoms with Crippen LogP contribution in [0.5, 0.6) is 0 Å². The standard InChI is InChI=1S/C8H15ClN2/c1-8(6-9)7-11(2)5-3-4-10/h8H,3,5-7H2,1-2H3. The lowest BCUT2D eigenvalue weighted by Gasteiger charge is -2.17. The van der Waals surface area contributed by atoms with Crippen molar-refractivity contribution in [1.82, 2.24) is 4.90 Å². The van der Waals surface area contributed by atoms with Gasteiger partial charge in [-0.05, 0) is 13.0 Å². The second-order valence-electron chi connectivity index (χ2n) is 2.93. The second kappa shape index (κ2) is 6.45. The Kier molecular flexibility index (Phi) is 6.30. The van der Waals surface area contributed by atoms with Gasteiger partial charge in [-0.15, -0.1) is 11.6 Å². The molecular formula is C8H15ClN2. The fourth-order valence-corrected chi connectivity index (χ4v) is 1.01. The third-order valence-electron chi connectivity index (χ3n) is 1.49. The van der Waals surface area contributed by atoms with Crippen LogP contribution < -0.4 is 0 Å². The van der Waals surface area contributed by atoms with Crippen LogP contribution >= 0.6 is 11.6 Å². The molecule has 0 aliphatic heterocycles. The molecule has 0 N–H and O–H groups in total. The Bertz CT molecular complexity index is 131. The molecule has 0 fully saturated rings. The summed E-state index contributed by atoms with van der Waals surface area (Å²) in [5.41, 5.74) is 0. The molecule has 0 aromatic carbocycles. The van der Waals surface area contributed by atoms with E-state index in [1.807, 2.05) is 7.05 Å². The van der Waals surface area contributed by atoms with E-state index in [9.17, 15) is 0 Å². The van der Waals surface area contributed by atoms with Crippen molar-refractivity contribution >= 4 is 11.6 Å². The van der Waals surface area contributed by atoms with Gasteiger partial charge in [-0.25, -0.2) is 0 Å². The molecule has 0 aromatic rings. The highest BCUT2D eigenvalue weighted by molar-refractivity contribution is 6.18.